The minimum atomic E-state index is -4.42. The predicted octanol–water partition coefficient (Wildman–Crippen LogP) is 3.45. The number of nitrogens with two attached hydrogens (primary N) is 1. The molecule has 0 radical (unpaired) electrons. The molecule has 0 saturated carbocycles. The molecule has 0 amide bonds. The molecule has 1 aromatic rings. The molecule has 96 valence electrons. The zero-order valence-electron chi connectivity index (χ0n) is 8.49. The van der Waals surface area contributed by atoms with Gasteiger partial charge >= 0.3 is 6.18 Å². The number of hydrogen-bond donors (Lipinski definition) is 1. The Hall–Kier alpha value is -1.24. The molecule has 0 bridgehead atoms. The summed E-state index contributed by atoms with van der Waals surface area (Å²) in [6, 6.07) is -0.587. The molecule has 0 fully saturated rings. The highest BCUT2D eigenvalue weighted by molar-refractivity contribution is 5.23. The van der Waals surface area contributed by atoms with E-state index in [4.69, 9.17) is 5.73 Å². The Morgan fingerprint density at radius 3 is 2.06 bits per heavy atom. The van der Waals surface area contributed by atoms with E-state index in [0.29, 0.717) is 6.07 Å². The molecule has 0 aliphatic rings. The van der Waals surface area contributed by atoms with Crippen LogP contribution >= 0.6 is 0 Å². The van der Waals surface area contributed by atoms with Crippen molar-refractivity contribution < 1.29 is 26.3 Å². The van der Waals surface area contributed by atoms with Crippen molar-refractivity contribution in [1.82, 2.24) is 0 Å². The lowest BCUT2D eigenvalue weighted by Gasteiger charge is -2.14. The summed E-state index contributed by atoms with van der Waals surface area (Å²) >= 11 is 0. The Labute approximate surface area is 93.2 Å². The first-order valence-electron chi connectivity index (χ1n) is 4.67. The van der Waals surface area contributed by atoms with E-state index >= 15 is 0 Å². The highest BCUT2D eigenvalue weighted by Gasteiger charge is 2.28. The Bertz CT molecular complexity index is 401. The third-order valence-corrected chi connectivity index (χ3v) is 2.18. The number of halogens is 6. The Kier molecular flexibility index (Phi) is 4.03. The summed E-state index contributed by atoms with van der Waals surface area (Å²) in [5, 5.41) is 0. The van der Waals surface area contributed by atoms with Crippen molar-refractivity contribution in [2.24, 2.45) is 5.73 Å². The summed E-state index contributed by atoms with van der Waals surface area (Å²) in [5.41, 5.74) is 4.83. The summed E-state index contributed by atoms with van der Waals surface area (Å²) in [6.07, 6.45) is -6.23. The SMILES string of the molecule is N[C@H](CCC(F)(F)F)c1cc(F)c(F)cc1F. The van der Waals surface area contributed by atoms with Gasteiger partial charge in [0, 0.05) is 24.1 Å². The molecular formula is C10H9F6N. The first-order chi connectivity index (χ1) is 7.70. The van der Waals surface area contributed by atoms with Crippen LogP contribution in [-0.2, 0) is 0 Å². The minimum absolute atomic E-state index is 0.262. The molecule has 1 nitrogen and oxygen atoms in total. The summed E-state index contributed by atoms with van der Waals surface area (Å²) in [6.45, 7) is 0. The lowest BCUT2D eigenvalue weighted by molar-refractivity contribution is -0.136. The van der Waals surface area contributed by atoms with Crippen molar-refractivity contribution in [3.63, 3.8) is 0 Å². The highest BCUT2D eigenvalue weighted by Crippen LogP contribution is 2.28. The van der Waals surface area contributed by atoms with E-state index in [1.807, 2.05) is 0 Å². The molecular weight excluding hydrogens is 248 g/mol. The van der Waals surface area contributed by atoms with Gasteiger partial charge in [-0.2, -0.15) is 13.2 Å². The van der Waals surface area contributed by atoms with Gasteiger partial charge in [-0.1, -0.05) is 0 Å². The van der Waals surface area contributed by atoms with Gasteiger partial charge in [-0.3, -0.25) is 0 Å². The lowest BCUT2D eigenvalue weighted by Crippen LogP contribution is -2.17. The summed E-state index contributed by atoms with van der Waals surface area (Å²) in [4.78, 5) is 0. The zero-order valence-corrected chi connectivity index (χ0v) is 8.49. The minimum Gasteiger partial charge on any atom is -0.324 e. The fraction of sp³-hybridized carbons (Fsp3) is 0.400. The standard InChI is InChI=1S/C10H9F6N/c11-6-4-8(13)7(12)3-5(6)9(17)1-2-10(14,15)16/h3-4,9H,1-2,17H2/t9-/m1/s1. The molecule has 1 atom stereocenters. The predicted molar refractivity (Wildman–Crippen MR) is 48.5 cm³/mol. The van der Waals surface area contributed by atoms with Crippen LogP contribution in [0.25, 0.3) is 0 Å². The third-order valence-electron chi connectivity index (χ3n) is 2.18. The first-order valence-corrected chi connectivity index (χ1v) is 4.67. The normalized spacial score (nSPS) is 13.8. The number of alkyl halides is 3. The van der Waals surface area contributed by atoms with Crippen molar-refractivity contribution in [1.29, 1.82) is 0 Å². The third kappa shape index (κ3) is 3.92. The van der Waals surface area contributed by atoms with Crippen LogP contribution < -0.4 is 5.73 Å². The van der Waals surface area contributed by atoms with Gasteiger partial charge in [0.25, 0.3) is 0 Å². The van der Waals surface area contributed by atoms with Crippen LogP contribution in [0.15, 0.2) is 12.1 Å². The van der Waals surface area contributed by atoms with Crippen LogP contribution in [0.5, 0.6) is 0 Å². The van der Waals surface area contributed by atoms with Gasteiger partial charge in [-0.25, -0.2) is 13.2 Å². The molecule has 0 aliphatic heterocycles. The number of benzene rings is 1. The molecule has 0 spiro atoms. The number of rotatable bonds is 3. The van der Waals surface area contributed by atoms with Crippen molar-refractivity contribution in [3.8, 4) is 0 Å². The van der Waals surface area contributed by atoms with E-state index < -0.39 is 48.1 Å². The molecule has 0 aliphatic carbocycles. The number of hydrogen-bond acceptors (Lipinski definition) is 1. The smallest absolute Gasteiger partial charge is 0.324 e. The van der Waals surface area contributed by atoms with E-state index in [0.717, 1.165) is 0 Å². The Morgan fingerprint density at radius 1 is 1.00 bits per heavy atom. The first kappa shape index (κ1) is 13.8. The van der Waals surface area contributed by atoms with Gasteiger partial charge in [0.05, 0.1) is 0 Å². The fourth-order valence-corrected chi connectivity index (χ4v) is 1.30. The van der Waals surface area contributed by atoms with Crippen molar-refractivity contribution in [2.45, 2.75) is 25.1 Å². The fourth-order valence-electron chi connectivity index (χ4n) is 1.30. The maximum atomic E-state index is 13.1. The molecule has 0 saturated heterocycles. The van der Waals surface area contributed by atoms with E-state index in [-0.39, 0.29) is 6.07 Å². The van der Waals surface area contributed by atoms with Gasteiger partial charge < -0.3 is 5.73 Å². The summed E-state index contributed by atoms with van der Waals surface area (Å²) in [5.74, 6) is -3.91. The average Bonchev–Trinajstić information content (AvgIpc) is 2.19. The van der Waals surface area contributed by atoms with E-state index in [1.165, 1.54) is 0 Å². The van der Waals surface area contributed by atoms with Crippen LogP contribution in [0.3, 0.4) is 0 Å². The van der Waals surface area contributed by atoms with Crippen LogP contribution in [0, 0.1) is 17.5 Å². The van der Waals surface area contributed by atoms with E-state index in [9.17, 15) is 26.3 Å². The molecule has 0 unspecified atom stereocenters. The van der Waals surface area contributed by atoms with Gasteiger partial charge in [0.1, 0.15) is 5.82 Å². The van der Waals surface area contributed by atoms with Crippen molar-refractivity contribution in [2.75, 3.05) is 0 Å². The van der Waals surface area contributed by atoms with Gasteiger partial charge in [0.2, 0.25) is 0 Å². The highest BCUT2D eigenvalue weighted by atomic mass is 19.4. The van der Waals surface area contributed by atoms with Crippen molar-refractivity contribution in [3.05, 3.63) is 35.1 Å². The second kappa shape index (κ2) is 4.95. The van der Waals surface area contributed by atoms with Crippen LogP contribution in [0.2, 0.25) is 0 Å². The van der Waals surface area contributed by atoms with Gasteiger partial charge in [-0.05, 0) is 12.5 Å². The van der Waals surface area contributed by atoms with Crippen LogP contribution in [-0.4, -0.2) is 6.18 Å². The molecule has 7 heteroatoms. The summed E-state index contributed by atoms with van der Waals surface area (Å²) < 4.78 is 74.1. The average molecular weight is 257 g/mol. The van der Waals surface area contributed by atoms with Crippen molar-refractivity contribution >= 4 is 0 Å². The second-order valence-corrected chi connectivity index (χ2v) is 3.55. The van der Waals surface area contributed by atoms with Crippen LogP contribution in [0.1, 0.15) is 24.4 Å². The Balaban J connectivity index is 2.82. The maximum Gasteiger partial charge on any atom is 0.389 e. The van der Waals surface area contributed by atoms with Gasteiger partial charge in [0.15, 0.2) is 11.6 Å². The monoisotopic (exact) mass is 257 g/mol. The maximum absolute atomic E-state index is 13.1. The molecule has 0 aromatic heterocycles. The summed E-state index contributed by atoms with van der Waals surface area (Å²) in [7, 11) is 0. The molecule has 1 rings (SSSR count). The molecule has 1 aromatic carbocycles. The zero-order chi connectivity index (χ0) is 13.2. The molecule has 2 N–H and O–H groups in total. The largest absolute Gasteiger partial charge is 0.389 e. The van der Waals surface area contributed by atoms with E-state index in [1.54, 1.807) is 0 Å². The van der Waals surface area contributed by atoms with Gasteiger partial charge in [-0.15, -0.1) is 0 Å². The lowest BCUT2D eigenvalue weighted by atomic mass is 10.0. The second-order valence-electron chi connectivity index (χ2n) is 3.55. The molecule has 0 heterocycles. The molecule has 17 heavy (non-hydrogen) atoms. The topological polar surface area (TPSA) is 26.0 Å². The van der Waals surface area contributed by atoms with Crippen LogP contribution in [0.4, 0.5) is 26.3 Å². The Morgan fingerprint density at radius 2 is 1.53 bits per heavy atom. The quantitative estimate of drug-likeness (QED) is 0.651. The van der Waals surface area contributed by atoms with E-state index in [2.05, 4.69) is 0 Å².